The highest BCUT2D eigenvalue weighted by atomic mass is 32.2. The second kappa shape index (κ2) is 15.7. The van der Waals surface area contributed by atoms with Gasteiger partial charge in [-0.1, -0.05) is 133 Å². The first-order valence-electron chi connectivity index (χ1n) is 16.5. The lowest BCUT2D eigenvalue weighted by molar-refractivity contribution is -0.137. The van der Waals surface area contributed by atoms with Crippen LogP contribution in [0.4, 0.5) is 11.4 Å². The van der Waals surface area contributed by atoms with Crippen molar-refractivity contribution in [1.82, 2.24) is 4.90 Å². The van der Waals surface area contributed by atoms with Crippen molar-refractivity contribution in [2.75, 3.05) is 29.5 Å². The zero-order valence-electron chi connectivity index (χ0n) is 26.9. The molecule has 0 aliphatic carbocycles. The number of anilines is 2. The third-order valence-corrected chi connectivity index (χ3v) is 10.2. The molecule has 0 atom stereocenters. The molecular weight excluding hydrogens is 615 g/mol. The van der Waals surface area contributed by atoms with Crippen LogP contribution >= 0.6 is 11.8 Å². The smallest absolute Gasteiger partial charge is 0.308 e. The second-order valence-electron chi connectivity index (χ2n) is 12.2. The van der Waals surface area contributed by atoms with Crippen LogP contribution < -0.4 is 10.6 Å². The van der Waals surface area contributed by atoms with Gasteiger partial charge < -0.3 is 20.6 Å². The van der Waals surface area contributed by atoms with E-state index in [1.807, 2.05) is 77.7 Å². The molecule has 5 aromatic carbocycles. The number of fused-ring (bicyclic) bond motifs is 1. The quantitative estimate of drug-likeness (QED) is 0.0980. The van der Waals surface area contributed by atoms with E-state index in [2.05, 4.69) is 83.4 Å². The number of aliphatic carboxylic acids is 1. The van der Waals surface area contributed by atoms with Crippen LogP contribution in [0.25, 0.3) is 0 Å². The minimum Gasteiger partial charge on any atom is -0.481 e. The van der Waals surface area contributed by atoms with Gasteiger partial charge in [-0.2, -0.15) is 0 Å². The van der Waals surface area contributed by atoms with Crippen molar-refractivity contribution in [2.24, 2.45) is 0 Å². The minimum absolute atomic E-state index is 0.00178. The molecule has 5 aromatic rings. The van der Waals surface area contributed by atoms with Crippen molar-refractivity contribution in [1.29, 1.82) is 0 Å². The van der Waals surface area contributed by atoms with Gasteiger partial charge in [-0.3, -0.25) is 9.59 Å². The van der Waals surface area contributed by atoms with Gasteiger partial charge >= 0.3 is 5.97 Å². The van der Waals surface area contributed by atoms with E-state index in [0.717, 1.165) is 33.6 Å². The van der Waals surface area contributed by atoms with Gasteiger partial charge in [0.2, 0.25) is 5.91 Å². The SMILES string of the molecule is O=C(O)CC1(SCCCN(CC(c2ccccc2)c2ccccc2)C(=O)CC(c2ccccc2)c2ccccc2)Nc2ccccc2N1. The average Bonchev–Trinajstić information content (AvgIpc) is 3.49. The number of para-hydroxylation sites is 2. The normalized spacial score (nSPS) is 13.0. The summed E-state index contributed by atoms with van der Waals surface area (Å²) >= 11 is 1.55. The Morgan fingerprint density at radius 2 is 1.04 bits per heavy atom. The number of carbonyl (C=O) groups is 2. The summed E-state index contributed by atoms with van der Waals surface area (Å²) in [5.74, 6) is -0.199. The first-order chi connectivity index (χ1) is 23.5. The van der Waals surface area contributed by atoms with Crippen LogP contribution in [0.3, 0.4) is 0 Å². The molecule has 244 valence electrons. The lowest BCUT2D eigenvalue weighted by Gasteiger charge is -2.31. The number of carboxylic acid groups (broad SMARTS) is 1. The van der Waals surface area contributed by atoms with Crippen molar-refractivity contribution in [3.63, 3.8) is 0 Å². The lowest BCUT2D eigenvalue weighted by Crippen LogP contribution is -2.41. The molecule has 0 fully saturated rings. The van der Waals surface area contributed by atoms with Crippen molar-refractivity contribution in [2.45, 2.75) is 36.1 Å². The highest BCUT2D eigenvalue weighted by molar-refractivity contribution is 8.00. The van der Waals surface area contributed by atoms with Crippen molar-refractivity contribution < 1.29 is 14.7 Å². The molecule has 0 spiro atoms. The monoisotopic (exact) mass is 655 g/mol. The van der Waals surface area contributed by atoms with Crippen LogP contribution in [-0.4, -0.2) is 45.7 Å². The Balaban J connectivity index is 1.24. The van der Waals surface area contributed by atoms with E-state index >= 15 is 0 Å². The average molecular weight is 656 g/mol. The summed E-state index contributed by atoms with van der Waals surface area (Å²) in [5, 5.41) is 16.6. The van der Waals surface area contributed by atoms with Gasteiger partial charge in [-0.15, -0.1) is 11.8 Å². The fraction of sp³-hybridized carbons (Fsp3) is 0.220. The van der Waals surface area contributed by atoms with E-state index in [4.69, 9.17) is 0 Å². The molecule has 1 aliphatic heterocycles. The fourth-order valence-electron chi connectivity index (χ4n) is 6.51. The Morgan fingerprint density at radius 3 is 1.48 bits per heavy atom. The highest BCUT2D eigenvalue weighted by Crippen LogP contribution is 2.42. The summed E-state index contributed by atoms with van der Waals surface area (Å²) in [7, 11) is 0. The maximum absolute atomic E-state index is 14.5. The number of nitrogens with zero attached hydrogens (tertiary/aromatic N) is 1. The van der Waals surface area contributed by atoms with Crippen molar-refractivity contribution in [3.05, 3.63) is 168 Å². The maximum atomic E-state index is 14.5. The van der Waals surface area contributed by atoms with E-state index in [1.165, 1.54) is 0 Å². The molecule has 1 heterocycles. The van der Waals surface area contributed by atoms with Gasteiger partial charge in [0.25, 0.3) is 0 Å². The number of hydrogen-bond acceptors (Lipinski definition) is 5. The molecule has 0 saturated carbocycles. The van der Waals surface area contributed by atoms with Gasteiger partial charge in [0.15, 0.2) is 4.99 Å². The Bertz CT molecular complexity index is 1670. The molecule has 0 unspecified atom stereocenters. The van der Waals surface area contributed by atoms with Gasteiger partial charge in [0.1, 0.15) is 0 Å². The third kappa shape index (κ3) is 8.28. The summed E-state index contributed by atoms with van der Waals surface area (Å²) in [4.78, 5) is 27.6. The first kappa shape index (κ1) is 32.9. The van der Waals surface area contributed by atoms with E-state index in [-0.39, 0.29) is 24.2 Å². The first-order valence-corrected chi connectivity index (χ1v) is 17.5. The number of amides is 1. The summed E-state index contributed by atoms with van der Waals surface area (Å²) < 4.78 is 0. The Morgan fingerprint density at radius 1 is 0.625 bits per heavy atom. The van der Waals surface area contributed by atoms with E-state index in [9.17, 15) is 14.7 Å². The summed E-state index contributed by atoms with van der Waals surface area (Å²) in [6, 6.07) is 49.1. The molecule has 1 amide bonds. The molecule has 1 aliphatic rings. The Labute approximate surface area is 287 Å². The molecule has 6 rings (SSSR count). The predicted molar refractivity (Wildman–Crippen MR) is 196 cm³/mol. The molecule has 0 aromatic heterocycles. The van der Waals surface area contributed by atoms with Crippen LogP contribution in [0.2, 0.25) is 0 Å². The predicted octanol–water partition coefficient (Wildman–Crippen LogP) is 8.66. The number of carboxylic acids is 1. The molecule has 7 heteroatoms. The number of hydrogen-bond donors (Lipinski definition) is 3. The van der Waals surface area contributed by atoms with Crippen LogP contribution in [-0.2, 0) is 9.59 Å². The molecule has 48 heavy (non-hydrogen) atoms. The molecule has 6 nitrogen and oxygen atoms in total. The van der Waals surface area contributed by atoms with Crippen molar-refractivity contribution >= 4 is 35.0 Å². The highest BCUT2D eigenvalue weighted by Gasteiger charge is 2.39. The van der Waals surface area contributed by atoms with Gasteiger partial charge in [-0.25, -0.2) is 0 Å². The van der Waals surface area contributed by atoms with Crippen LogP contribution in [0, 0.1) is 0 Å². The molecule has 0 saturated heterocycles. The van der Waals surface area contributed by atoms with E-state index in [1.54, 1.807) is 11.8 Å². The summed E-state index contributed by atoms with van der Waals surface area (Å²) in [6.45, 7) is 1.09. The fourth-order valence-corrected chi connectivity index (χ4v) is 7.72. The number of carbonyl (C=O) groups excluding carboxylic acids is 1. The van der Waals surface area contributed by atoms with Crippen LogP contribution in [0.1, 0.15) is 53.4 Å². The standard InChI is InChI=1S/C41H41N3O3S/c45-39(28-35(31-16-5-1-6-17-31)32-18-7-2-8-19-32)44(30-36(33-20-9-3-10-21-33)34-22-11-4-12-23-34)26-15-27-48-41(29-40(46)47)42-37-24-13-14-25-38(37)43-41/h1-14,16-25,35-36,42-43H,15,26-30H2,(H,46,47). The third-order valence-electron chi connectivity index (χ3n) is 8.86. The second-order valence-corrected chi connectivity index (χ2v) is 13.6. The summed E-state index contributed by atoms with van der Waals surface area (Å²) in [6.07, 6.45) is 0.961. The van der Waals surface area contributed by atoms with Gasteiger partial charge in [0.05, 0.1) is 17.8 Å². The number of rotatable bonds is 15. The number of nitrogens with one attached hydrogen (secondary N) is 2. The van der Waals surface area contributed by atoms with E-state index in [0.29, 0.717) is 31.7 Å². The minimum atomic E-state index is -0.881. The van der Waals surface area contributed by atoms with Gasteiger partial charge in [-0.05, 0) is 46.6 Å². The molecule has 0 bridgehead atoms. The zero-order valence-corrected chi connectivity index (χ0v) is 27.7. The van der Waals surface area contributed by atoms with Crippen LogP contribution in [0.15, 0.2) is 146 Å². The van der Waals surface area contributed by atoms with Gasteiger partial charge in [0, 0.05) is 31.3 Å². The summed E-state index contributed by atoms with van der Waals surface area (Å²) in [5.41, 5.74) is 6.34. The topological polar surface area (TPSA) is 81.7 Å². The lowest BCUT2D eigenvalue weighted by atomic mass is 9.87. The number of thioether (sulfide) groups is 1. The largest absolute Gasteiger partial charge is 0.481 e. The Hall–Kier alpha value is -5.01. The van der Waals surface area contributed by atoms with Crippen molar-refractivity contribution in [3.8, 4) is 0 Å². The molecule has 0 radical (unpaired) electrons. The Kier molecular flexibility index (Phi) is 10.8. The molecule has 3 N–H and O–H groups in total. The van der Waals surface area contributed by atoms with Crippen LogP contribution in [0.5, 0.6) is 0 Å². The van der Waals surface area contributed by atoms with E-state index < -0.39 is 11.0 Å². The maximum Gasteiger partial charge on any atom is 0.308 e. The zero-order chi connectivity index (χ0) is 33.2. The molecular formula is C41H41N3O3S. The number of benzene rings is 5.